The van der Waals surface area contributed by atoms with E-state index in [1.165, 1.54) is 65.5 Å². The maximum absolute atomic E-state index is 5.08. The largest absolute Gasteiger partial charge is 0.309 e. The Hall–Kier alpha value is -8.08. The third-order valence-electron chi connectivity index (χ3n) is 11.9. The Morgan fingerprint density at radius 3 is 1.50 bits per heavy atom. The normalized spacial score (nSPS) is 11.7. The topological polar surface area (TPSA) is 35.6 Å². The highest BCUT2D eigenvalue weighted by Crippen LogP contribution is 2.39. The van der Waals surface area contributed by atoms with E-state index >= 15 is 0 Å². The average molecular weight is 765 g/mol. The summed E-state index contributed by atoms with van der Waals surface area (Å²) >= 11 is 0. The molecule has 0 atom stereocenters. The molecule has 0 spiro atoms. The first-order valence-corrected chi connectivity index (χ1v) is 20.4. The van der Waals surface area contributed by atoms with Crippen molar-refractivity contribution in [2.45, 2.75) is 0 Å². The van der Waals surface area contributed by atoms with Gasteiger partial charge in [-0.15, -0.1) is 0 Å². The van der Waals surface area contributed by atoms with Crippen molar-refractivity contribution in [3.8, 4) is 56.4 Å². The lowest BCUT2D eigenvalue weighted by molar-refractivity contribution is 1.17. The van der Waals surface area contributed by atoms with Crippen LogP contribution in [0, 0.1) is 0 Å². The Bertz CT molecular complexity index is 3520. The highest BCUT2D eigenvalue weighted by molar-refractivity contribution is 6.12. The fourth-order valence-electron chi connectivity index (χ4n) is 9.02. The van der Waals surface area contributed by atoms with Crippen LogP contribution in [0.3, 0.4) is 0 Å². The van der Waals surface area contributed by atoms with Gasteiger partial charge in [-0.3, -0.25) is 0 Å². The second-order valence-corrected chi connectivity index (χ2v) is 15.4. The summed E-state index contributed by atoms with van der Waals surface area (Å²) in [4.78, 5) is 10.1. The van der Waals surface area contributed by atoms with E-state index in [2.05, 4.69) is 203 Å². The maximum Gasteiger partial charge on any atom is 0.160 e. The molecular formula is C56H36N4. The van der Waals surface area contributed by atoms with Crippen LogP contribution in [0.15, 0.2) is 218 Å². The van der Waals surface area contributed by atoms with Crippen molar-refractivity contribution in [1.82, 2.24) is 19.1 Å². The Balaban J connectivity index is 0.963. The summed E-state index contributed by atoms with van der Waals surface area (Å²) in [5.41, 5.74) is 14.2. The Kier molecular flexibility index (Phi) is 7.82. The highest BCUT2D eigenvalue weighted by atomic mass is 15.0. The van der Waals surface area contributed by atoms with Crippen molar-refractivity contribution in [3.05, 3.63) is 218 Å². The fourth-order valence-corrected chi connectivity index (χ4v) is 9.02. The first kappa shape index (κ1) is 34.0. The van der Waals surface area contributed by atoms with Crippen molar-refractivity contribution in [2.75, 3.05) is 0 Å². The predicted octanol–water partition coefficient (Wildman–Crippen LogP) is 14.5. The second kappa shape index (κ2) is 13.8. The van der Waals surface area contributed by atoms with Gasteiger partial charge in [-0.25, -0.2) is 9.97 Å². The monoisotopic (exact) mass is 764 g/mol. The fraction of sp³-hybridized carbons (Fsp3) is 0. The maximum atomic E-state index is 5.08. The summed E-state index contributed by atoms with van der Waals surface area (Å²) in [6.07, 6.45) is 0. The van der Waals surface area contributed by atoms with Gasteiger partial charge in [-0.05, 0) is 82.6 Å². The van der Waals surface area contributed by atoms with Crippen molar-refractivity contribution >= 4 is 54.4 Å². The lowest BCUT2D eigenvalue weighted by Crippen LogP contribution is -1.97. The molecule has 3 heterocycles. The number of aromatic nitrogens is 4. The number of hydrogen-bond acceptors (Lipinski definition) is 2. The Labute approximate surface area is 346 Å². The van der Waals surface area contributed by atoms with Crippen molar-refractivity contribution in [2.24, 2.45) is 0 Å². The third-order valence-corrected chi connectivity index (χ3v) is 11.9. The highest BCUT2D eigenvalue weighted by Gasteiger charge is 2.17. The molecule has 12 rings (SSSR count). The van der Waals surface area contributed by atoms with Gasteiger partial charge in [0, 0.05) is 49.6 Å². The van der Waals surface area contributed by atoms with Crippen LogP contribution in [0.4, 0.5) is 0 Å². The molecule has 0 fully saturated rings. The Morgan fingerprint density at radius 1 is 0.267 bits per heavy atom. The predicted molar refractivity (Wildman–Crippen MR) is 250 cm³/mol. The molecule has 0 aliphatic carbocycles. The first-order valence-electron chi connectivity index (χ1n) is 20.4. The molecule has 4 nitrogen and oxygen atoms in total. The van der Waals surface area contributed by atoms with Gasteiger partial charge in [-0.2, -0.15) is 0 Å². The minimum atomic E-state index is 0.712. The molecule has 0 N–H and O–H groups in total. The summed E-state index contributed by atoms with van der Waals surface area (Å²) in [5.74, 6) is 0.712. The van der Waals surface area contributed by atoms with E-state index in [9.17, 15) is 0 Å². The minimum Gasteiger partial charge on any atom is -0.309 e. The van der Waals surface area contributed by atoms with Gasteiger partial charge >= 0.3 is 0 Å². The number of rotatable bonds is 6. The van der Waals surface area contributed by atoms with Gasteiger partial charge in [0.1, 0.15) is 0 Å². The van der Waals surface area contributed by atoms with Gasteiger partial charge < -0.3 is 9.13 Å². The van der Waals surface area contributed by atoms with E-state index in [-0.39, 0.29) is 0 Å². The second-order valence-electron chi connectivity index (χ2n) is 15.4. The molecule has 9 aromatic carbocycles. The molecule has 0 aliphatic heterocycles. The molecule has 3 aromatic heterocycles. The van der Waals surface area contributed by atoms with Crippen LogP contribution in [0.2, 0.25) is 0 Å². The molecule has 0 saturated heterocycles. The molecular weight excluding hydrogens is 729 g/mol. The number of para-hydroxylation sites is 2. The smallest absolute Gasteiger partial charge is 0.160 e. The first-order chi connectivity index (χ1) is 29.7. The lowest BCUT2D eigenvalue weighted by Gasteiger charge is -2.12. The third kappa shape index (κ3) is 5.61. The zero-order valence-electron chi connectivity index (χ0n) is 32.6. The molecule has 12 aromatic rings. The summed E-state index contributed by atoms with van der Waals surface area (Å²) in [6, 6.07) is 78.1. The van der Waals surface area contributed by atoms with Gasteiger partial charge in [0.05, 0.1) is 33.5 Å². The Morgan fingerprint density at radius 2 is 0.767 bits per heavy atom. The standard InChI is InChI=1S/C56H36N4/c1-3-14-38(15-4-1)50-36-51(58-56(57-50)40-16-5-2-6-17-40)39-24-28-44(29-25-39)59-53-22-12-10-20-47(53)49-34-42(27-32-54(49)59)43-26-31-48-46-19-9-11-21-52(46)60(55(48)35-43)45-30-23-37-13-7-8-18-41(37)33-45/h1-36H. The van der Waals surface area contributed by atoms with Crippen LogP contribution >= 0.6 is 0 Å². The van der Waals surface area contributed by atoms with Gasteiger partial charge in [0.15, 0.2) is 5.82 Å². The van der Waals surface area contributed by atoms with E-state index < -0.39 is 0 Å². The molecule has 0 amide bonds. The zero-order valence-corrected chi connectivity index (χ0v) is 32.6. The molecule has 0 bridgehead atoms. The van der Waals surface area contributed by atoms with E-state index in [1.54, 1.807) is 0 Å². The average Bonchev–Trinajstić information content (AvgIpc) is 3.84. The van der Waals surface area contributed by atoms with Gasteiger partial charge in [0.2, 0.25) is 0 Å². The van der Waals surface area contributed by atoms with Crippen molar-refractivity contribution < 1.29 is 0 Å². The molecule has 0 saturated carbocycles. The summed E-state index contributed by atoms with van der Waals surface area (Å²) in [5, 5.41) is 7.42. The van der Waals surface area contributed by atoms with Crippen molar-refractivity contribution in [3.63, 3.8) is 0 Å². The van der Waals surface area contributed by atoms with Crippen LogP contribution in [0.25, 0.3) is 111 Å². The van der Waals surface area contributed by atoms with Crippen LogP contribution < -0.4 is 0 Å². The number of hydrogen-bond donors (Lipinski definition) is 0. The molecule has 60 heavy (non-hydrogen) atoms. The minimum absolute atomic E-state index is 0.712. The molecule has 4 heteroatoms. The molecule has 280 valence electrons. The van der Waals surface area contributed by atoms with Crippen LogP contribution in [-0.4, -0.2) is 19.1 Å². The molecule has 0 radical (unpaired) electrons. The summed E-state index contributed by atoms with van der Waals surface area (Å²) in [7, 11) is 0. The van der Waals surface area contributed by atoms with E-state index in [1.807, 2.05) is 24.3 Å². The van der Waals surface area contributed by atoms with Crippen LogP contribution in [0.5, 0.6) is 0 Å². The number of benzene rings is 9. The summed E-state index contributed by atoms with van der Waals surface area (Å²) in [6.45, 7) is 0. The van der Waals surface area contributed by atoms with Crippen molar-refractivity contribution in [1.29, 1.82) is 0 Å². The quantitative estimate of drug-likeness (QED) is 0.169. The van der Waals surface area contributed by atoms with Gasteiger partial charge in [0.25, 0.3) is 0 Å². The molecule has 0 unspecified atom stereocenters. The van der Waals surface area contributed by atoms with E-state index in [4.69, 9.17) is 9.97 Å². The van der Waals surface area contributed by atoms with E-state index in [0.29, 0.717) is 5.82 Å². The SMILES string of the molecule is c1ccc(-c2cc(-c3ccc(-n4c5ccccc5c5cc(-c6ccc7c8ccccc8n(-c8ccc9ccccc9c8)c7c6)ccc54)cc3)nc(-c3ccccc3)n2)cc1. The number of fused-ring (bicyclic) bond motifs is 7. The zero-order chi connectivity index (χ0) is 39.6. The van der Waals surface area contributed by atoms with Crippen LogP contribution in [0.1, 0.15) is 0 Å². The van der Waals surface area contributed by atoms with E-state index in [0.717, 1.165) is 39.5 Å². The molecule has 0 aliphatic rings. The van der Waals surface area contributed by atoms with Gasteiger partial charge in [-0.1, -0.05) is 158 Å². The number of nitrogens with zero attached hydrogens (tertiary/aromatic N) is 4. The summed E-state index contributed by atoms with van der Waals surface area (Å²) < 4.78 is 4.80. The lowest BCUT2D eigenvalue weighted by atomic mass is 10.0. The van der Waals surface area contributed by atoms with Crippen LogP contribution in [-0.2, 0) is 0 Å².